The number of halogens is 2. The monoisotopic (exact) mass is 722 g/mol. The van der Waals surface area contributed by atoms with Gasteiger partial charge in [0.1, 0.15) is 23.2 Å². The summed E-state index contributed by atoms with van der Waals surface area (Å²) < 4.78 is 66.0. The molecule has 15 heteroatoms. The highest BCUT2D eigenvalue weighted by atomic mass is 32.2. The fourth-order valence-electron chi connectivity index (χ4n) is 5.18. The van der Waals surface area contributed by atoms with E-state index in [1.165, 1.54) is 72.4 Å². The lowest BCUT2D eigenvalue weighted by Crippen LogP contribution is -2.44. The number of rotatable bonds is 14. The third-order valence-electron chi connectivity index (χ3n) is 8.12. The van der Waals surface area contributed by atoms with Crippen LogP contribution >= 0.6 is 0 Å². The van der Waals surface area contributed by atoms with E-state index in [0.717, 1.165) is 17.4 Å². The van der Waals surface area contributed by atoms with Crippen molar-refractivity contribution in [3.05, 3.63) is 122 Å². The molecule has 2 N–H and O–H groups in total. The van der Waals surface area contributed by atoms with Crippen molar-refractivity contribution in [2.45, 2.75) is 50.5 Å². The summed E-state index contributed by atoms with van der Waals surface area (Å²) in [4.78, 5) is 63.2. The van der Waals surface area contributed by atoms with Gasteiger partial charge in [0.2, 0.25) is 0 Å². The largest absolute Gasteiger partial charge is 0.464 e. The number of ketones is 1. The summed E-state index contributed by atoms with van der Waals surface area (Å²) in [6.45, 7) is 3.59. The molecule has 0 aliphatic heterocycles. The van der Waals surface area contributed by atoms with E-state index in [1.807, 2.05) is 0 Å². The van der Waals surface area contributed by atoms with E-state index in [9.17, 15) is 32.4 Å². The van der Waals surface area contributed by atoms with E-state index in [1.54, 1.807) is 13.8 Å². The van der Waals surface area contributed by atoms with Crippen molar-refractivity contribution in [1.82, 2.24) is 14.5 Å². The minimum absolute atomic E-state index is 0.00141. The van der Waals surface area contributed by atoms with Crippen molar-refractivity contribution < 1.29 is 36.3 Å². The number of hydrogen-bond donors (Lipinski definition) is 2. The molecule has 1 fully saturated rings. The van der Waals surface area contributed by atoms with Gasteiger partial charge in [0.05, 0.1) is 22.9 Å². The molecule has 1 atom stereocenters. The summed E-state index contributed by atoms with van der Waals surface area (Å²) in [7, 11) is -2.85. The van der Waals surface area contributed by atoms with Crippen molar-refractivity contribution in [3.63, 3.8) is 0 Å². The van der Waals surface area contributed by atoms with Gasteiger partial charge in [0, 0.05) is 37.7 Å². The fraction of sp³-hybridized carbons (Fsp3) is 0.306. The lowest BCUT2D eigenvalue weighted by Gasteiger charge is -2.19. The van der Waals surface area contributed by atoms with E-state index < -0.39 is 62.1 Å². The first-order valence-corrected chi connectivity index (χ1v) is 17.6. The fourth-order valence-corrected chi connectivity index (χ4v) is 6.22. The molecule has 12 nitrogen and oxygen atoms in total. The third kappa shape index (κ3) is 9.03. The number of nitrogens with zero attached hydrogens (tertiary/aromatic N) is 2. The number of carbonyl (C=O) groups is 3. The number of esters is 1. The summed E-state index contributed by atoms with van der Waals surface area (Å²) in [6, 6.07) is 12.2. The number of amides is 1. The topological polar surface area (TPSA) is 163 Å². The van der Waals surface area contributed by atoms with Gasteiger partial charge < -0.3 is 14.6 Å². The Labute approximate surface area is 292 Å². The van der Waals surface area contributed by atoms with Crippen LogP contribution in [0.3, 0.4) is 0 Å². The number of aromatic nitrogens is 2. The SMILES string of the molecule is CC(C)COC(=O)[C@H](Cc1ccc(-n2c(=O)ccn(C)c2=O)cc1)NC(=O)c1c(F)cc(NS(=O)(=O)c2ccc(C(=O)CC3CC3)cc2)cc1F. The van der Waals surface area contributed by atoms with E-state index in [-0.39, 0.29) is 35.3 Å². The van der Waals surface area contributed by atoms with Gasteiger partial charge in [0.15, 0.2) is 5.78 Å². The van der Waals surface area contributed by atoms with Crippen LogP contribution in [-0.2, 0) is 33.0 Å². The lowest BCUT2D eigenvalue weighted by atomic mass is 10.0. The van der Waals surface area contributed by atoms with Crippen molar-refractivity contribution in [2.75, 3.05) is 11.3 Å². The van der Waals surface area contributed by atoms with E-state index in [4.69, 9.17) is 4.74 Å². The van der Waals surface area contributed by atoms with Gasteiger partial charge in [-0.1, -0.05) is 38.1 Å². The number of aryl methyl sites for hydroxylation is 1. The van der Waals surface area contributed by atoms with Crippen LogP contribution in [-0.4, -0.2) is 47.9 Å². The second kappa shape index (κ2) is 15.2. The van der Waals surface area contributed by atoms with Gasteiger partial charge in [-0.15, -0.1) is 0 Å². The minimum Gasteiger partial charge on any atom is -0.464 e. The zero-order chi connectivity index (χ0) is 37.0. The molecule has 0 saturated heterocycles. The van der Waals surface area contributed by atoms with Crippen LogP contribution in [0.4, 0.5) is 14.5 Å². The molecule has 1 heterocycles. The van der Waals surface area contributed by atoms with Crippen molar-refractivity contribution in [1.29, 1.82) is 0 Å². The number of ether oxygens (including phenoxy) is 1. The Morgan fingerprint density at radius 3 is 2.16 bits per heavy atom. The number of anilines is 1. The molecular weight excluding hydrogens is 686 g/mol. The quantitative estimate of drug-likeness (QED) is 0.145. The average Bonchev–Trinajstić information content (AvgIpc) is 3.89. The molecule has 1 aromatic heterocycles. The molecule has 1 aliphatic carbocycles. The zero-order valence-electron chi connectivity index (χ0n) is 28.0. The predicted octanol–water partition coefficient (Wildman–Crippen LogP) is 4.14. The highest BCUT2D eigenvalue weighted by Crippen LogP contribution is 2.33. The van der Waals surface area contributed by atoms with Crippen LogP contribution in [0.2, 0.25) is 0 Å². The summed E-state index contributed by atoms with van der Waals surface area (Å²) in [5.41, 5.74) is -1.63. The first-order valence-electron chi connectivity index (χ1n) is 16.1. The summed E-state index contributed by atoms with van der Waals surface area (Å²) in [5, 5.41) is 2.31. The first kappa shape index (κ1) is 36.8. The molecule has 0 radical (unpaired) electrons. The smallest absolute Gasteiger partial charge is 0.335 e. The molecule has 0 spiro atoms. The number of hydrogen-bond acceptors (Lipinski definition) is 8. The second-order valence-corrected chi connectivity index (χ2v) is 14.5. The summed E-state index contributed by atoms with van der Waals surface area (Å²) in [6.07, 6.45) is 3.51. The van der Waals surface area contributed by atoms with Crippen LogP contribution in [0.15, 0.2) is 87.4 Å². The maximum atomic E-state index is 15.3. The molecular formula is C36H36F2N4O8S. The normalized spacial score (nSPS) is 13.5. The number of carbonyl (C=O) groups excluding carboxylic acids is 3. The van der Waals surface area contributed by atoms with Crippen LogP contribution in [0.5, 0.6) is 0 Å². The lowest BCUT2D eigenvalue weighted by molar-refractivity contribution is -0.147. The maximum absolute atomic E-state index is 15.3. The van der Waals surface area contributed by atoms with Crippen molar-refractivity contribution >= 4 is 33.4 Å². The zero-order valence-corrected chi connectivity index (χ0v) is 28.8. The van der Waals surface area contributed by atoms with Crippen LogP contribution in [0.1, 0.15) is 59.4 Å². The minimum atomic E-state index is -4.33. The molecule has 1 saturated carbocycles. The molecule has 3 aromatic carbocycles. The Balaban J connectivity index is 1.32. The Morgan fingerprint density at radius 1 is 0.941 bits per heavy atom. The van der Waals surface area contributed by atoms with Crippen molar-refractivity contribution in [3.8, 4) is 5.69 Å². The van der Waals surface area contributed by atoms with E-state index >= 15 is 8.78 Å². The van der Waals surface area contributed by atoms with Gasteiger partial charge in [-0.25, -0.2) is 31.4 Å². The molecule has 51 heavy (non-hydrogen) atoms. The summed E-state index contributed by atoms with van der Waals surface area (Å²) in [5.74, 6) is -4.79. The van der Waals surface area contributed by atoms with Gasteiger partial charge in [0.25, 0.3) is 21.5 Å². The second-order valence-electron chi connectivity index (χ2n) is 12.8. The van der Waals surface area contributed by atoms with E-state index in [0.29, 0.717) is 35.6 Å². The molecule has 4 aromatic rings. The number of Topliss-reactive ketones (excluding diaryl/α,β-unsaturated/α-hetero) is 1. The first-order chi connectivity index (χ1) is 24.1. The van der Waals surface area contributed by atoms with E-state index in [2.05, 4.69) is 10.0 Å². The Morgan fingerprint density at radius 2 is 1.57 bits per heavy atom. The highest BCUT2D eigenvalue weighted by molar-refractivity contribution is 7.92. The summed E-state index contributed by atoms with van der Waals surface area (Å²) >= 11 is 0. The van der Waals surface area contributed by atoms with Gasteiger partial charge >= 0.3 is 11.7 Å². The van der Waals surface area contributed by atoms with Gasteiger partial charge in [-0.2, -0.15) is 0 Å². The Bertz CT molecular complexity index is 2170. The standard InChI is InChI=1S/C36H36F2N4O8S/c1-21(2)20-50-35(46)30(16-22-6-10-26(11-7-22)42-32(44)14-15-41(3)36(42)47)39-34(45)33-28(37)18-25(19-29(33)38)40-51(48,49)27-12-8-24(9-13-27)31(43)17-23-4-5-23/h6-15,18-19,21,23,30,40H,4-5,16-17,20H2,1-3H3,(H,39,45)/t30-/m0/s1. The highest BCUT2D eigenvalue weighted by Gasteiger charge is 2.28. The van der Waals surface area contributed by atoms with Crippen LogP contribution in [0.25, 0.3) is 5.69 Å². The maximum Gasteiger partial charge on any atom is 0.335 e. The van der Waals surface area contributed by atoms with Crippen LogP contribution in [0, 0.1) is 23.5 Å². The molecule has 5 rings (SSSR count). The number of nitrogens with one attached hydrogen (secondary N) is 2. The van der Waals surface area contributed by atoms with Gasteiger partial charge in [-0.05, 0) is 66.6 Å². The molecule has 0 bridgehead atoms. The Kier molecular flexibility index (Phi) is 11.0. The van der Waals surface area contributed by atoms with Crippen LogP contribution < -0.4 is 21.3 Å². The van der Waals surface area contributed by atoms with Gasteiger partial charge in [-0.3, -0.25) is 19.1 Å². The molecule has 1 aliphatic rings. The molecule has 268 valence electrons. The predicted molar refractivity (Wildman–Crippen MR) is 183 cm³/mol. The molecule has 0 unspecified atom stereocenters. The molecule has 1 amide bonds. The Hall–Kier alpha value is -5.44. The number of benzene rings is 3. The average molecular weight is 723 g/mol. The van der Waals surface area contributed by atoms with Crippen molar-refractivity contribution in [2.24, 2.45) is 18.9 Å². The third-order valence-corrected chi connectivity index (χ3v) is 9.51. The number of sulfonamides is 1.